The highest BCUT2D eigenvalue weighted by molar-refractivity contribution is 7.99. The lowest BCUT2D eigenvalue weighted by Gasteiger charge is -2.22. The summed E-state index contributed by atoms with van der Waals surface area (Å²) >= 11 is 7.85. The van der Waals surface area contributed by atoms with E-state index < -0.39 is 0 Å². The Hall–Kier alpha value is -0.740. The number of carbonyl (C=O) groups is 1. The molecule has 0 bridgehead atoms. The van der Waals surface area contributed by atoms with Crippen LogP contribution in [0.3, 0.4) is 0 Å². The van der Waals surface area contributed by atoms with Gasteiger partial charge in [-0.15, -0.1) is 0 Å². The van der Waals surface area contributed by atoms with Gasteiger partial charge in [-0.25, -0.2) is 0 Å². The van der Waals surface area contributed by atoms with Crippen molar-refractivity contribution in [3.63, 3.8) is 0 Å². The summed E-state index contributed by atoms with van der Waals surface area (Å²) in [5.74, 6) is 2.15. The molecule has 1 aliphatic heterocycles. The predicted octanol–water partition coefficient (Wildman–Crippen LogP) is 2.36. The molecule has 3 nitrogen and oxygen atoms in total. The van der Waals surface area contributed by atoms with Crippen molar-refractivity contribution in [3.8, 4) is 0 Å². The Labute approximate surface area is 104 Å². The van der Waals surface area contributed by atoms with Gasteiger partial charge in [-0.3, -0.25) is 9.78 Å². The van der Waals surface area contributed by atoms with E-state index in [1.165, 1.54) is 6.20 Å². The molecule has 0 radical (unpaired) electrons. The third-order valence-corrected chi connectivity index (χ3v) is 3.92. The fourth-order valence-electron chi connectivity index (χ4n) is 1.66. The van der Waals surface area contributed by atoms with Gasteiger partial charge in [0.15, 0.2) is 0 Å². The summed E-state index contributed by atoms with van der Waals surface area (Å²) in [4.78, 5) is 15.8. The predicted molar refractivity (Wildman–Crippen MR) is 67.1 cm³/mol. The lowest BCUT2D eigenvalue weighted by atomic mass is 10.1. The summed E-state index contributed by atoms with van der Waals surface area (Å²) in [5, 5.41) is 3.42. The Kier molecular flexibility index (Phi) is 4.07. The molecule has 2 heterocycles. The topological polar surface area (TPSA) is 42.0 Å². The van der Waals surface area contributed by atoms with E-state index in [-0.39, 0.29) is 11.9 Å². The number of aromatic nitrogens is 1. The van der Waals surface area contributed by atoms with E-state index in [0.717, 1.165) is 24.3 Å². The lowest BCUT2D eigenvalue weighted by molar-refractivity contribution is 0.0935. The molecule has 1 saturated heterocycles. The number of rotatable bonds is 2. The number of thioether (sulfide) groups is 1. The summed E-state index contributed by atoms with van der Waals surface area (Å²) in [7, 11) is 0. The van der Waals surface area contributed by atoms with Crippen LogP contribution in [0.15, 0.2) is 18.5 Å². The molecule has 0 aliphatic carbocycles. The van der Waals surface area contributed by atoms with Crippen molar-refractivity contribution >= 4 is 29.3 Å². The van der Waals surface area contributed by atoms with Crippen molar-refractivity contribution in [2.24, 2.45) is 0 Å². The summed E-state index contributed by atoms with van der Waals surface area (Å²) in [6, 6.07) is 1.94. The van der Waals surface area contributed by atoms with Crippen LogP contribution in [0.1, 0.15) is 23.2 Å². The van der Waals surface area contributed by atoms with Crippen LogP contribution in [-0.4, -0.2) is 28.4 Å². The molecule has 86 valence electrons. The minimum atomic E-state index is -0.0932. The van der Waals surface area contributed by atoms with Crippen LogP contribution >= 0.6 is 23.4 Å². The molecule has 0 saturated carbocycles. The Balaban J connectivity index is 2.00. The Bertz CT molecular complexity index is 380. The largest absolute Gasteiger partial charge is 0.349 e. The van der Waals surface area contributed by atoms with E-state index in [1.807, 2.05) is 11.8 Å². The first-order chi connectivity index (χ1) is 7.77. The van der Waals surface area contributed by atoms with E-state index in [0.29, 0.717) is 10.6 Å². The first kappa shape index (κ1) is 11.7. The standard InChI is InChI=1S/C11H13ClN2OS/c12-10-7-13-4-1-9(10)11(15)14-8-2-5-16-6-3-8/h1,4,7-8H,2-3,5-6H2,(H,14,15). The zero-order valence-electron chi connectivity index (χ0n) is 8.78. The first-order valence-electron chi connectivity index (χ1n) is 5.25. The molecule has 1 aromatic rings. The fraction of sp³-hybridized carbons (Fsp3) is 0.455. The maximum absolute atomic E-state index is 11.9. The van der Waals surface area contributed by atoms with Gasteiger partial charge in [-0.1, -0.05) is 11.6 Å². The molecule has 1 amide bonds. The summed E-state index contributed by atoms with van der Waals surface area (Å²) < 4.78 is 0. The van der Waals surface area contributed by atoms with Crippen LogP contribution in [0.4, 0.5) is 0 Å². The minimum absolute atomic E-state index is 0.0932. The molecular weight excluding hydrogens is 244 g/mol. The van der Waals surface area contributed by atoms with E-state index in [4.69, 9.17) is 11.6 Å². The maximum Gasteiger partial charge on any atom is 0.253 e. The quantitative estimate of drug-likeness (QED) is 0.883. The minimum Gasteiger partial charge on any atom is -0.349 e. The number of carbonyl (C=O) groups excluding carboxylic acids is 1. The molecule has 1 aliphatic rings. The number of nitrogens with zero attached hydrogens (tertiary/aromatic N) is 1. The van der Waals surface area contributed by atoms with E-state index >= 15 is 0 Å². The molecule has 1 N–H and O–H groups in total. The van der Waals surface area contributed by atoms with Gasteiger partial charge < -0.3 is 5.32 Å². The van der Waals surface area contributed by atoms with Crippen LogP contribution in [0.5, 0.6) is 0 Å². The number of hydrogen-bond donors (Lipinski definition) is 1. The molecule has 16 heavy (non-hydrogen) atoms. The molecule has 2 rings (SSSR count). The lowest BCUT2D eigenvalue weighted by Crippen LogP contribution is -2.37. The monoisotopic (exact) mass is 256 g/mol. The Morgan fingerprint density at radius 1 is 1.50 bits per heavy atom. The molecular formula is C11H13ClN2OS. The highest BCUT2D eigenvalue weighted by Gasteiger charge is 2.18. The van der Waals surface area contributed by atoms with Gasteiger partial charge in [0.25, 0.3) is 5.91 Å². The SMILES string of the molecule is O=C(NC1CCSCC1)c1ccncc1Cl. The summed E-state index contributed by atoms with van der Waals surface area (Å²) in [6.07, 6.45) is 5.16. The second kappa shape index (κ2) is 5.55. The third kappa shape index (κ3) is 2.89. The van der Waals surface area contributed by atoms with Gasteiger partial charge in [0.1, 0.15) is 0 Å². The van der Waals surface area contributed by atoms with Crippen molar-refractivity contribution in [2.75, 3.05) is 11.5 Å². The average Bonchev–Trinajstić information content (AvgIpc) is 2.31. The number of amides is 1. The van der Waals surface area contributed by atoms with Crippen LogP contribution in [0.25, 0.3) is 0 Å². The smallest absolute Gasteiger partial charge is 0.253 e. The van der Waals surface area contributed by atoms with Crippen LogP contribution in [0, 0.1) is 0 Å². The number of hydrogen-bond acceptors (Lipinski definition) is 3. The van der Waals surface area contributed by atoms with Crippen molar-refractivity contribution < 1.29 is 4.79 Å². The number of nitrogens with one attached hydrogen (secondary N) is 1. The van der Waals surface area contributed by atoms with Gasteiger partial charge in [0.05, 0.1) is 10.6 Å². The van der Waals surface area contributed by atoms with Crippen molar-refractivity contribution in [1.82, 2.24) is 10.3 Å². The molecule has 1 fully saturated rings. The molecule has 0 aromatic carbocycles. The normalized spacial score (nSPS) is 17.1. The van der Waals surface area contributed by atoms with E-state index in [1.54, 1.807) is 12.3 Å². The number of pyridine rings is 1. The fourth-order valence-corrected chi connectivity index (χ4v) is 2.98. The second-order valence-corrected chi connectivity index (χ2v) is 5.35. The van der Waals surface area contributed by atoms with Crippen molar-refractivity contribution in [1.29, 1.82) is 0 Å². The summed E-state index contributed by atoms with van der Waals surface area (Å²) in [5.41, 5.74) is 0.509. The summed E-state index contributed by atoms with van der Waals surface area (Å²) in [6.45, 7) is 0. The molecule has 0 unspecified atom stereocenters. The van der Waals surface area contributed by atoms with Crippen LogP contribution in [0.2, 0.25) is 5.02 Å². The highest BCUT2D eigenvalue weighted by Crippen LogP contribution is 2.18. The van der Waals surface area contributed by atoms with Gasteiger partial charge in [-0.2, -0.15) is 11.8 Å². The van der Waals surface area contributed by atoms with Crippen molar-refractivity contribution in [3.05, 3.63) is 29.0 Å². The second-order valence-electron chi connectivity index (χ2n) is 3.72. The van der Waals surface area contributed by atoms with Gasteiger partial charge in [0.2, 0.25) is 0 Å². The molecule has 0 spiro atoms. The van der Waals surface area contributed by atoms with Gasteiger partial charge in [-0.05, 0) is 30.4 Å². The van der Waals surface area contributed by atoms with E-state index in [9.17, 15) is 4.79 Å². The zero-order chi connectivity index (χ0) is 11.4. The maximum atomic E-state index is 11.9. The van der Waals surface area contributed by atoms with Gasteiger partial charge >= 0.3 is 0 Å². The molecule has 0 atom stereocenters. The highest BCUT2D eigenvalue weighted by atomic mass is 35.5. The van der Waals surface area contributed by atoms with Crippen LogP contribution in [-0.2, 0) is 0 Å². The molecule has 1 aromatic heterocycles. The third-order valence-electron chi connectivity index (χ3n) is 2.57. The molecule has 5 heteroatoms. The Morgan fingerprint density at radius 3 is 2.94 bits per heavy atom. The van der Waals surface area contributed by atoms with Crippen LogP contribution < -0.4 is 5.32 Å². The number of halogens is 1. The first-order valence-corrected chi connectivity index (χ1v) is 6.79. The average molecular weight is 257 g/mol. The zero-order valence-corrected chi connectivity index (χ0v) is 10.4. The van der Waals surface area contributed by atoms with Crippen molar-refractivity contribution in [2.45, 2.75) is 18.9 Å². The van der Waals surface area contributed by atoms with E-state index in [2.05, 4.69) is 10.3 Å². The Morgan fingerprint density at radius 2 is 2.25 bits per heavy atom. The van der Waals surface area contributed by atoms with Gasteiger partial charge in [0, 0.05) is 18.4 Å².